The number of methoxy groups -OCH3 is 2. The second-order valence-corrected chi connectivity index (χ2v) is 16.1. The number of ether oxygens (including phenoxy) is 2. The number of amides is 4. The quantitative estimate of drug-likeness (QED) is 0.181. The summed E-state index contributed by atoms with van der Waals surface area (Å²) >= 11 is -1.78. The number of rotatable bonds is 19. The fourth-order valence-corrected chi connectivity index (χ4v) is 8.30. The normalized spacial score (nSPS) is 21.0. The molecule has 0 spiro atoms. The van der Waals surface area contributed by atoms with E-state index in [1.807, 2.05) is 58.8 Å². The van der Waals surface area contributed by atoms with Crippen LogP contribution < -0.4 is 15.8 Å². The molecule has 1 aromatic rings. The molecule has 0 bridgehead atoms. The number of nitrogens with two attached hydrogens (primary N) is 1. The maximum Gasteiger partial charge on any atom is 0.267 e. The molecule has 13 nitrogen and oxygen atoms in total. The van der Waals surface area contributed by atoms with E-state index in [1.54, 1.807) is 35.9 Å². The van der Waals surface area contributed by atoms with Gasteiger partial charge in [0.1, 0.15) is 11.4 Å². The number of likely N-dealkylation sites (N-methyl/N-ethyl adjacent to an activating group) is 2. The summed E-state index contributed by atoms with van der Waals surface area (Å²) in [7, 11) is 8.41. The maximum absolute atomic E-state index is 14.0. The van der Waals surface area contributed by atoms with Gasteiger partial charge in [-0.05, 0) is 69.3 Å². The third-order valence-corrected chi connectivity index (χ3v) is 11.9. The molecule has 14 heteroatoms. The molecule has 1 aliphatic heterocycles. The van der Waals surface area contributed by atoms with Crippen LogP contribution in [0.5, 0.6) is 0 Å². The van der Waals surface area contributed by atoms with Crippen LogP contribution in [0.3, 0.4) is 0 Å². The fraction of sp³-hybridized carbons (Fsp3) is 0.730. The van der Waals surface area contributed by atoms with E-state index in [0.29, 0.717) is 17.9 Å². The van der Waals surface area contributed by atoms with Crippen molar-refractivity contribution in [1.29, 1.82) is 0 Å². The average molecular weight is 735 g/mol. The van der Waals surface area contributed by atoms with Crippen LogP contribution in [0.4, 0.5) is 0 Å². The Morgan fingerprint density at radius 2 is 1.67 bits per heavy atom. The highest BCUT2D eigenvalue weighted by Gasteiger charge is 2.43. The van der Waals surface area contributed by atoms with Gasteiger partial charge < -0.3 is 34.9 Å². The maximum atomic E-state index is 14.0. The molecule has 3 rings (SSSR count). The van der Waals surface area contributed by atoms with Gasteiger partial charge in [0, 0.05) is 33.4 Å². The smallest absolute Gasteiger partial charge is 0.267 e. The van der Waals surface area contributed by atoms with Crippen molar-refractivity contribution in [1.82, 2.24) is 24.7 Å². The number of carbonyl (C=O) groups excluding carboxylic acids is 4. The van der Waals surface area contributed by atoms with E-state index in [0.717, 1.165) is 31.2 Å². The summed E-state index contributed by atoms with van der Waals surface area (Å²) in [5.74, 6) is -1.75. The Morgan fingerprint density at radius 1 is 1.04 bits per heavy atom. The van der Waals surface area contributed by atoms with Crippen LogP contribution in [0.25, 0.3) is 0 Å². The summed E-state index contributed by atoms with van der Waals surface area (Å²) in [6, 6.07) is 5.97. The Hall–Kier alpha value is -2.75. The van der Waals surface area contributed by atoms with Gasteiger partial charge in [-0.25, -0.2) is 0 Å². The van der Waals surface area contributed by atoms with Crippen LogP contribution in [0.15, 0.2) is 29.2 Å². The molecule has 4 amide bonds. The lowest BCUT2D eigenvalue weighted by Crippen LogP contribution is -2.55. The van der Waals surface area contributed by atoms with Gasteiger partial charge >= 0.3 is 0 Å². The average Bonchev–Trinajstić information content (AvgIpc) is 3.66. The summed E-state index contributed by atoms with van der Waals surface area (Å²) in [6.07, 6.45) is 2.71. The lowest BCUT2D eigenvalue weighted by molar-refractivity contribution is -0.145. The van der Waals surface area contributed by atoms with Gasteiger partial charge in [0.05, 0.1) is 49.2 Å². The molecule has 8 atom stereocenters. The number of nitrogens with zero attached hydrogens (tertiary/aromatic N) is 3. The summed E-state index contributed by atoms with van der Waals surface area (Å²) in [5.41, 5.74) is 6.95. The SMILES string of the molecule is CCC(C)C(C(CC(=O)N1CCCC1C(OC)C(C)C(=O)N[S+]([O-])c1ccc(C2(N)CC2)cc1)OC)N(C)C(=O)CNC(=O)C(C(C)C)N(C)C. The third-order valence-electron chi connectivity index (χ3n) is 10.8. The molecule has 1 saturated heterocycles. The van der Waals surface area contributed by atoms with Crippen molar-refractivity contribution in [3.8, 4) is 0 Å². The van der Waals surface area contributed by atoms with E-state index in [-0.39, 0.29) is 60.1 Å². The summed E-state index contributed by atoms with van der Waals surface area (Å²) in [4.78, 5) is 59.4. The predicted molar refractivity (Wildman–Crippen MR) is 198 cm³/mol. The number of hydrogen-bond donors (Lipinski definition) is 3. The van der Waals surface area contributed by atoms with Crippen molar-refractivity contribution >= 4 is 35.0 Å². The van der Waals surface area contributed by atoms with Crippen LogP contribution in [0, 0.1) is 17.8 Å². The topological polar surface area (TPSA) is 170 Å². The van der Waals surface area contributed by atoms with Crippen molar-refractivity contribution in [2.45, 2.75) is 114 Å². The van der Waals surface area contributed by atoms with E-state index in [1.165, 1.54) is 14.2 Å². The molecule has 1 saturated carbocycles. The van der Waals surface area contributed by atoms with Gasteiger partial charge in [-0.1, -0.05) is 53.2 Å². The number of nitrogens with one attached hydrogen (secondary N) is 2. The molecule has 51 heavy (non-hydrogen) atoms. The Labute approximate surface area is 308 Å². The standard InChI is InChI=1S/C37H62N6O7S/c1-11-24(4)33(42(8)31(45)22-39-36(47)32(23(2)3)41(6)7)29(49-9)21-30(44)43-20-12-13-28(43)34(50-10)25(5)35(46)40-51(48)27-16-14-26(15-17-27)37(38)18-19-37/h14-17,23-25,28-29,32-34H,11-13,18-22,38H2,1-10H3,(H,39,47)(H,40,46). The summed E-state index contributed by atoms with van der Waals surface area (Å²) < 4.78 is 27.5. The zero-order valence-corrected chi connectivity index (χ0v) is 33.1. The molecule has 0 radical (unpaired) electrons. The fourth-order valence-electron chi connectivity index (χ4n) is 7.43. The Bertz CT molecular complexity index is 1320. The highest BCUT2D eigenvalue weighted by Crippen LogP contribution is 2.42. The van der Waals surface area contributed by atoms with Gasteiger partial charge in [0.2, 0.25) is 17.7 Å². The minimum atomic E-state index is -1.78. The zero-order valence-electron chi connectivity index (χ0n) is 32.3. The first-order valence-electron chi connectivity index (χ1n) is 18.2. The van der Waals surface area contributed by atoms with Gasteiger partial charge in [-0.15, -0.1) is 0 Å². The Morgan fingerprint density at radius 3 is 2.18 bits per heavy atom. The lowest BCUT2D eigenvalue weighted by atomic mass is 9.90. The molecular weight excluding hydrogens is 673 g/mol. The number of likely N-dealkylation sites (tertiary alicyclic amines) is 1. The van der Waals surface area contributed by atoms with Gasteiger partial charge in [0.15, 0.2) is 4.90 Å². The van der Waals surface area contributed by atoms with E-state index in [4.69, 9.17) is 15.2 Å². The molecule has 2 fully saturated rings. The largest absolute Gasteiger partial charge is 0.588 e. The first kappa shape index (κ1) is 42.7. The number of carbonyl (C=O) groups is 4. The highest BCUT2D eigenvalue weighted by atomic mass is 32.2. The van der Waals surface area contributed by atoms with Crippen molar-refractivity contribution in [3.63, 3.8) is 0 Å². The highest BCUT2D eigenvalue weighted by molar-refractivity contribution is 7.90. The Kier molecular flexibility index (Phi) is 15.8. The minimum absolute atomic E-state index is 0.00962. The van der Waals surface area contributed by atoms with Crippen molar-refractivity contribution in [3.05, 3.63) is 29.8 Å². The summed E-state index contributed by atoms with van der Waals surface area (Å²) in [5, 5.41) is 2.80. The first-order chi connectivity index (χ1) is 24.0. The lowest BCUT2D eigenvalue weighted by Gasteiger charge is -2.39. The van der Waals surface area contributed by atoms with Crippen molar-refractivity contribution in [2.24, 2.45) is 23.5 Å². The van der Waals surface area contributed by atoms with Gasteiger partial charge in [0.25, 0.3) is 5.91 Å². The van der Waals surface area contributed by atoms with Crippen LogP contribution in [-0.2, 0) is 45.6 Å². The van der Waals surface area contributed by atoms with Gasteiger partial charge in [-0.2, -0.15) is 4.72 Å². The second kappa shape index (κ2) is 18.8. The van der Waals surface area contributed by atoms with Gasteiger partial charge in [-0.3, -0.25) is 24.1 Å². The van der Waals surface area contributed by atoms with Crippen molar-refractivity contribution in [2.75, 3.05) is 48.5 Å². The van der Waals surface area contributed by atoms with E-state index in [9.17, 15) is 23.7 Å². The van der Waals surface area contributed by atoms with E-state index < -0.39 is 41.4 Å². The predicted octanol–water partition coefficient (Wildman–Crippen LogP) is 2.40. The van der Waals surface area contributed by atoms with E-state index in [2.05, 4.69) is 10.0 Å². The van der Waals surface area contributed by atoms with Crippen LogP contribution in [-0.4, -0.2) is 122 Å². The van der Waals surface area contributed by atoms with E-state index >= 15 is 0 Å². The third kappa shape index (κ3) is 10.7. The number of hydrogen-bond acceptors (Lipinski definition) is 9. The Balaban J connectivity index is 1.67. The van der Waals surface area contributed by atoms with Crippen molar-refractivity contribution < 1.29 is 33.2 Å². The first-order valence-corrected chi connectivity index (χ1v) is 19.3. The molecule has 1 aromatic carbocycles. The molecular formula is C37H62N6O7S. The van der Waals surface area contributed by atoms with Crippen LogP contribution >= 0.6 is 0 Å². The minimum Gasteiger partial charge on any atom is -0.588 e. The van der Waals surface area contributed by atoms with Crippen LogP contribution in [0.2, 0.25) is 0 Å². The molecule has 1 heterocycles. The second-order valence-electron chi connectivity index (χ2n) is 14.9. The molecule has 4 N–H and O–H groups in total. The van der Waals surface area contributed by atoms with Crippen LogP contribution in [0.1, 0.15) is 78.7 Å². The molecule has 8 unspecified atom stereocenters. The molecule has 0 aromatic heterocycles. The molecule has 2 aliphatic rings. The number of benzene rings is 1. The molecule has 288 valence electrons. The summed E-state index contributed by atoms with van der Waals surface area (Å²) in [6.45, 7) is 10.00. The molecule has 1 aliphatic carbocycles. The monoisotopic (exact) mass is 734 g/mol. The zero-order chi connectivity index (χ0) is 38.2.